The molecule has 0 aliphatic rings. The number of aromatic nitrogens is 2. The van der Waals surface area contributed by atoms with E-state index in [0.29, 0.717) is 0 Å². The Morgan fingerprint density at radius 1 is 1.21 bits per heavy atom. The first-order chi connectivity index (χ1) is 9.22. The Morgan fingerprint density at radius 2 is 2.00 bits per heavy atom. The highest BCUT2D eigenvalue weighted by Gasteiger charge is 2.06. The zero-order valence-corrected chi connectivity index (χ0v) is 12.4. The summed E-state index contributed by atoms with van der Waals surface area (Å²) in [5.41, 5.74) is 1.27. The fraction of sp³-hybridized carbons (Fsp3) is 0.333. The molecule has 1 N–H and O–H groups in total. The van der Waals surface area contributed by atoms with Gasteiger partial charge in [0.05, 0.1) is 0 Å². The maximum Gasteiger partial charge on any atom is 0.132 e. The highest BCUT2D eigenvalue weighted by atomic mass is 32.2. The molecule has 0 amide bonds. The highest BCUT2D eigenvalue weighted by Crippen LogP contribution is 2.29. The summed E-state index contributed by atoms with van der Waals surface area (Å²) in [5.74, 6) is 1.79. The third-order valence-electron chi connectivity index (χ3n) is 2.79. The number of nitrogens with zero attached hydrogens (tertiary/aromatic N) is 2. The summed E-state index contributed by atoms with van der Waals surface area (Å²) in [7, 11) is 1.89. The molecule has 100 valence electrons. The Kier molecular flexibility index (Phi) is 4.80. The Balaban J connectivity index is 2.29. The van der Waals surface area contributed by atoms with Gasteiger partial charge >= 0.3 is 0 Å². The first-order valence-electron chi connectivity index (χ1n) is 6.52. The molecule has 0 bridgehead atoms. The average Bonchev–Trinajstić information content (AvgIpc) is 2.41. The van der Waals surface area contributed by atoms with Gasteiger partial charge in [0.1, 0.15) is 16.7 Å². The molecule has 1 aromatic carbocycles. The van der Waals surface area contributed by atoms with E-state index in [1.165, 1.54) is 10.5 Å². The SMILES string of the molecule is CCCc1nc(NC)cc(Sc2ccccc2C)n1. The lowest BCUT2D eigenvalue weighted by Gasteiger charge is -2.08. The van der Waals surface area contributed by atoms with E-state index in [0.717, 1.165) is 29.5 Å². The standard InChI is InChI=1S/C15H19N3S/c1-4-7-13-17-14(16-3)10-15(18-13)19-12-9-6-5-8-11(12)2/h5-6,8-10H,4,7H2,1-3H3,(H,16,17,18). The van der Waals surface area contributed by atoms with Crippen LogP contribution in [0.5, 0.6) is 0 Å². The normalized spacial score (nSPS) is 10.5. The Morgan fingerprint density at radius 3 is 2.68 bits per heavy atom. The summed E-state index contributed by atoms with van der Waals surface area (Å²) in [4.78, 5) is 10.3. The van der Waals surface area contributed by atoms with Crippen molar-refractivity contribution in [3.05, 3.63) is 41.7 Å². The molecule has 0 aliphatic carbocycles. The minimum Gasteiger partial charge on any atom is -0.373 e. The predicted molar refractivity (Wildman–Crippen MR) is 80.9 cm³/mol. The van der Waals surface area contributed by atoms with E-state index in [2.05, 4.69) is 53.4 Å². The summed E-state index contributed by atoms with van der Waals surface area (Å²) in [6.45, 7) is 4.26. The summed E-state index contributed by atoms with van der Waals surface area (Å²) in [5, 5.41) is 4.10. The molecule has 1 aromatic heterocycles. The number of hydrogen-bond acceptors (Lipinski definition) is 4. The van der Waals surface area contributed by atoms with Crippen molar-refractivity contribution in [2.45, 2.75) is 36.6 Å². The van der Waals surface area contributed by atoms with Gasteiger partial charge in [0.25, 0.3) is 0 Å². The fourth-order valence-corrected chi connectivity index (χ4v) is 2.69. The van der Waals surface area contributed by atoms with Gasteiger partial charge in [-0.25, -0.2) is 9.97 Å². The molecule has 0 saturated carbocycles. The van der Waals surface area contributed by atoms with E-state index in [4.69, 9.17) is 0 Å². The molecule has 2 rings (SSSR count). The first kappa shape index (κ1) is 13.9. The second-order valence-corrected chi connectivity index (χ2v) is 5.44. The van der Waals surface area contributed by atoms with Gasteiger partial charge in [-0.1, -0.05) is 36.9 Å². The highest BCUT2D eigenvalue weighted by molar-refractivity contribution is 7.99. The molecule has 2 aromatic rings. The van der Waals surface area contributed by atoms with Crippen molar-refractivity contribution in [3.8, 4) is 0 Å². The van der Waals surface area contributed by atoms with Gasteiger partial charge < -0.3 is 5.32 Å². The molecule has 0 radical (unpaired) electrons. The zero-order chi connectivity index (χ0) is 13.7. The van der Waals surface area contributed by atoms with E-state index in [1.807, 2.05) is 13.1 Å². The van der Waals surface area contributed by atoms with Crippen LogP contribution in [-0.2, 0) is 6.42 Å². The van der Waals surface area contributed by atoms with E-state index >= 15 is 0 Å². The maximum absolute atomic E-state index is 4.62. The molecule has 0 fully saturated rings. The van der Waals surface area contributed by atoms with Crippen LogP contribution in [0.25, 0.3) is 0 Å². The molecule has 0 saturated heterocycles. The van der Waals surface area contributed by atoms with Crippen molar-refractivity contribution >= 4 is 17.6 Å². The van der Waals surface area contributed by atoms with Gasteiger partial charge in [0.2, 0.25) is 0 Å². The molecule has 0 spiro atoms. The first-order valence-corrected chi connectivity index (χ1v) is 7.33. The number of anilines is 1. The molecule has 0 aliphatic heterocycles. The number of aryl methyl sites for hydroxylation is 2. The largest absolute Gasteiger partial charge is 0.373 e. The van der Waals surface area contributed by atoms with Crippen LogP contribution in [0.15, 0.2) is 40.3 Å². The van der Waals surface area contributed by atoms with Crippen LogP contribution in [0.1, 0.15) is 24.7 Å². The van der Waals surface area contributed by atoms with Crippen molar-refractivity contribution in [2.24, 2.45) is 0 Å². The molecule has 1 heterocycles. The second-order valence-electron chi connectivity index (χ2n) is 4.38. The number of hydrogen-bond donors (Lipinski definition) is 1. The molecular weight excluding hydrogens is 254 g/mol. The lowest BCUT2D eigenvalue weighted by molar-refractivity contribution is 0.811. The molecule has 4 heteroatoms. The van der Waals surface area contributed by atoms with Gasteiger partial charge in [0.15, 0.2) is 0 Å². The van der Waals surface area contributed by atoms with Crippen LogP contribution >= 0.6 is 11.8 Å². The molecule has 19 heavy (non-hydrogen) atoms. The lowest BCUT2D eigenvalue weighted by atomic mass is 10.2. The van der Waals surface area contributed by atoms with Gasteiger partial charge in [-0.15, -0.1) is 0 Å². The van der Waals surface area contributed by atoms with Crippen LogP contribution in [0.3, 0.4) is 0 Å². The van der Waals surface area contributed by atoms with E-state index in [9.17, 15) is 0 Å². The van der Waals surface area contributed by atoms with Gasteiger partial charge in [0, 0.05) is 24.4 Å². The number of nitrogens with one attached hydrogen (secondary N) is 1. The maximum atomic E-state index is 4.62. The lowest BCUT2D eigenvalue weighted by Crippen LogP contribution is -2.01. The molecule has 0 atom stereocenters. The Labute approximate surface area is 118 Å². The van der Waals surface area contributed by atoms with Gasteiger partial charge in [-0.05, 0) is 25.0 Å². The van der Waals surface area contributed by atoms with Crippen molar-refractivity contribution in [2.75, 3.05) is 12.4 Å². The Hall–Kier alpha value is -1.55. The predicted octanol–water partition coefficient (Wildman–Crippen LogP) is 3.93. The van der Waals surface area contributed by atoms with Crippen molar-refractivity contribution in [1.82, 2.24) is 9.97 Å². The fourth-order valence-electron chi connectivity index (χ4n) is 1.77. The van der Waals surface area contributed by atoms with Crippen LogP contribution in [0.4, 0.5) is 5.82 Å². The van der Waals surface area contributed by atoms with Crippen molar-refractivity contribution in [3.63, 3.8) is 0 Å². The van der Waals surface area contributed by atoms with E-state index < -0.39 is 0 Å². The summed E-state index contributed by atoms with van der Waals surface area (Å²) < 4.78 is 0. The van der Waals surface area contributed by atoms with Gasteiger partial charge in [-0.2, -0.15) is 0 Å². The quantitative estimate of drug-likeness (QED) is 0.838. The number of rotatable bonds is 5. The number of benzene rings is 1. The van der Waals surface area contributed by atoms with Crippen LogP contribution in [0, 0.1) is 6.92 Å². The van der Waals surface area contributed by atoms with E-state index in [-0.39, 0.29) is 0 Å². The van der Waals surface area contributed by atoms with Crippen molar-refractivity contribution in [1.29, 1.82) is 0 Å². The second kappa shape index (κ2) is 6.57. The minimum atomic E-state index is 0.884. The topological polar surface area (TPSA) is 37.8 Å². The molecule has 3 nitrogen and oxygen atoms in total. The van der Waals surface area contributed by atoms with Gasteiger partial charge in [-0.3, -0.25) is 0 Å². The summed E-state index contributed by atoms with van der Waals surface area (Å²) in [6.07, 6.45) is 1.97. The smallest absolute Gasteiger partial charge is 0.132 e. The van der Waals surface area contributed by atoms with Crippen LogP contribution in [0.2, 0.25) is 0 Å². The third kappa shape index (κ3) is 3.70. The monoisotopic (exact) mass is 273 g/mol. The zero-order valence-electron chi connectivity index (χ0n) is 11.6. The minimum absolute atomic E-state index is 0.884. The molecular formula is C15H19N3S. The van der Waals surface area contributed by atoms with Crippen LogP contribution in [-0.4, -0.2) is 17.0 Å². The Bertz CT molecular complexity index is 555. The average molecular weight is 273 g/mol. The third-order valence-corrected chi connectivity index (χ3v) is 3.88. The summed E-state index contributed by atoms with van der Waals surface area (Å²) in [6, 6.07) is 10.4. The van der Waals surface area contributed by atoms with E-state index in [1.54, 1.807) is 11.8 Å². The van der Waals surface area contributed by atoms with Crippen molar-refractivity contribution < 1.29 is 0 Å². The summed E-state index contributed by atoms with van der Waals surface area (Å²) >= 11 is 1.69. The molecule has 0 unspecified atom stereocenters. The van der Waals surface area contributed by atoms with Crippen LogP contribution < -0.4 is 5.32 Å².